The molecule has 34 heavy (non-hydrogen) atoms. The highest BCUT2D eigenvalue weighted by Gasteiger charge is 2.21. The molecule has 0 unspecified atom stereocenters. The minimum Gasteiger partial charge on any atom is -0.467 e. The molecule has 3 aromatic rings. The number of hydrogen-bond donors (Lipinski definition) is 1. The second-order valence-electron chi connectivity index (χ2n) is 7.68. The zero-order valence-electron chi connectivity index (χ0n) is 19.2. The van der Waals surface area contributed by atoms with Gasteiger partial charge in [-0.1, -0.05) is 30.3 Å². The number of carbonyl (C=O) groups excluding carboxylic acids is 2. The van der Waals surface area contributed by atoms with Crippen LogP contribution in [0.25, 0.3) is 11.6 Å². The molecule has 1 aromatic heterocycles. The third-order valence-electron chi connectivity index (χ3n) is 5.30. The molecule has 1 amide bonds. The number of nitrogens with zero attached hydrogens (tertiary/aromatic N) is 2. The van der Waals surface area contributed by atoms with E-state index in [-0.39, 0.29) is 11.7 Å². The number of rotatable bonds is 11. The average molecular weight is 482 g/mol. The molecule has 178 valence electrons. The number of nitrogens with one attached hydrogen (secondary N) is 1. The minimum atomic E-state index is -0.700. The van der Waals surface area contributed by atoms with E-state index in [1.54, 1.807) is 54.6 Å². The first-order chi connectivity index (χ1) is 16.5. The number of carbonyl (C=O) groups is 2. The van der Waals surface area contributed by atoms with Gasteiger partial charge in [-0.2, -0.15) is 11.8 Å². The van der Waals surface area contributed by atoms with Gasteiger partial charge in [-0.3, -0.25) is 4.79 Å². The largest absolute Gasteiger partial charge is 0.467 e. The van der Waals surface area contributed by atoms with E-state index < -0.39 is 12.0 Å². The van der Waals surface area contributed by atoms with Crippen molar-refractivity contribution in [3.63, 3.8) is 0 Å². The summed E-state index contributed by atoms with van der Waals surface area (Å²) < 4.78 is 20.3. The molecule has 1 N–H and O–H groups in total. The quantitative estimate of drug-likeness (QED) is 0.318. The van der Waals surface area contributed by atoms with Gasteiger partial charge in [0.1, 0.15) is 11.9 Å². The zero-order valence-corrected chi connectivity index (χ0v) is 20.1. The number of esters is 1. The summed E-state index contributed by atoms with van der Waals surface area (Å²) in [6, 6.07) is 12.9. The molecule has 3 rings (SSSR count). The number of allylic oxidation sites excluding steroid dienone is 1. The van der Waals surface area contributed by atoms with E-state index in [0.717, 1.165) is 22.5 Å². The summed E-state index contributed by atoms with van der Waals surface area (Å²) in [5.41, 5.74) is 3.18. The second kappa shape index (κ2) is 12.7. The summed E-state index contributed by atoms with van der Waals surface area (Å²) in [5.74, 6) is -0.371. The van der Waals surface area contributed by atoms with Gasteiger partial charge in [0.05, 0.1) is 13.4 Å². The van der Waals surface area contributed by atoms with Gasteiger partial charge in [0.25, 0.3) is 5.91 Å². The van der Waals surface area contributed by atoms with Crippen molar-refractivity contribution in [2.45, 2.75) is 25.4 Å². The van der Waals surface area contributed by atoms with Gasteiger partial charge in [-0.05, 0) is 65.8 Å². The van der Waals surface area contributed by atoms with Crippen LogP contribution in [0.15, 0.2) is 67.3 Å². The first kappa shape index (κ1) is 25.2. The van der Waals surface area contributed by atoms with Crippen LogP contribution in [0, 0.1) is 5.82 Å². The number of imidazole rings is 1. The van der Waals surface area contributed by atoms with E-state index in [2.05, 4.69) is 10.3 Å². The highest BCUT2D eigenvalue weighted by atomic mass is 32.2. The average Bonchev–Trinajstić information content (AvgIpc) is 3.38. The highest BCUT2D eigenvalue weighted by Crippen LogP contribution is 2.23. The summed E-state index contributed by atoms with van der Waals surface area (Å²) in [7, 11) is 1.31. The van der Waals surface area contributed by atoms with Crippen LogP contribution >= 0.6 is 11.8 Å². The molecule has 8 heteroatoms. The number of thioether (sulfide) groups is 1. The monoisotopic (exact) mass is 481 g/mol. The predicted octanol–water partition coefficient (Wildman–Crippen LogP) is 4.68. The Morgan fingerprint density at radius 1 is 1.21 bits per heavy atom. The van der Waals surface area contributed by atoms with E-state index >= 15 is 0 Å². The molecule has 0 bridgehead atoms. The zero-order chi connectivity index (χ0) is 24.3. The molecule has 0 aliphatic rings. The number of aryl methyl sites for hydroxylation is 1. The Bertz CT molecular complexity index is 1110. The van der Waals surface area contributed by atoms with Crippen LogP contribution in [0.1, 0.15) is 34.3 Å². The summed E-state index contributed by atoms with van der Waals surface area (Å²) in [6.07, 6.45) is 10.5. The van der Waals surface area contributed by atoms with Crippen molar-refractivity contribution in [2.75, 3.05) is 19.1 Å². The smallest absolute Gasteiger partial charge is 0.328 e. The Kier molecular flexibility index (Phi) is 9.46. The first-order valence-corrected chi connectivity index (χ1v) is 12.3. The van der Waals surface area contributed by atoms with Crippen molar-refractivity contribution in [1.29, 1.82) is 0 Å². The van der Waals surface area contributed by atoms with Crippen molar-refractivity contribution >= 4 is 35.3 Å². The molecule has 0 saturated heterocycles. The van der Waals surface area contributed by atoms with E-state index in [0.29, 0.717) is 24.9 Å². The number of aromatic nitrogens is 2. The van der Waals surface area contributed by atoms with E-state index in [1.165, 1.54) is 19.2 Å². The lowest BCUT2D eigenvalue weighted by molar-refractivity contribution is -0.142. The standard InChI is InChI=1S/C26H28FN3O3S/c1-33-26(32)24(11-15-34-2)29-25(31)22-5-3-4-19(17-22)16-21(10-13-30-14-12-28-18-30)20-6-8-23(27)9-7-20/h3-9,12,14,16-18,24H,10-11,13,15H2,1-2H3,(H,29,31)/b21-16+/t24-/m0/s1. The fourth-order valence-electron chi connectivity index (χ4n) is 3.47. The topological polar surface area (TPSA) is 73.2 Å². The lowest BCUT2D eigenvalue weighted by Crippen LogP contribution is -2.41. The number of ether oxygens (including phenoxy) is 1. The Morgan fingerprint density at radius 2 is 2.00 bits per heavy atom. The fraction of sp³-hybridized carbons (Fsp3) is 0.269. The summed E-state index contributed by atoms with van der Waals surface area (Å²) in [6.45, 7) is 0.708. The Morgan fingerprint density at radius 3 is 2.68 bits per heavy atom. The molecular weight excluding hydrogens is 453 g/mol. The number of benzene rings is 2. The third-order valence-corrected chi connectivity index (χ3v) is 5.95. The lowest BCUT2D eigenvalue weighted by Gasteiger charge is -2.16. The van der Waals surface area contributed by atoms with Crippen LogP contribution in [-0.2, 0) is 16.1 Å². The number of halogens is 1. The Labute approximate surface area is 203 Å². The maximum atomic E-state index is 13.5. The fourth-order valence-corrected chi connectivity index (χ4v) is 3.94. The Hall–Kier alpha value is -3.39. The van der Waals surface area contributed by atoms with E-state index in [4.69, 9.17) is 4.74 Å². The van der Waals surface area contributed by atoms with Crippen LogP contribution in [-0.4, -0.2) is 46.6 Å². The Balaban J connectivity index is 1.83. The lowest BCUT2D eigenvalue weighted by atomic mass is 9.98. The van der Waals surface area contributed by atoms with Crippen LogP contribution in [0.4, 0.5) is 4.39 Å². The van der Waals surface area contributed by atoms with Gasteiger partial charge in [0.2, 0.25) is 0 Å². The molecule has 1 heterocycles. The van der Waals surface area contributed by atoms with Crippen molar-refractivity contribution in [2.24, 2.45) is 0 Å². The SMILES string of the molecule is COC(=O)[C@H](CCSC)NC(=O)c1cccc(/C=C(\CCn2ccnc2)c2ccc(F)cc2)c1. The van der Waals surface area contributed by atoms with Crippen LogP contribution in [0.5, 0.6) is 0 Å². The number of methoxy groups -OCH3 is 1. The molecule has 0 radical (unpaired) electrons. The minimum absolute atomic E-state index is 0.294. The van der Waals surface area contributed by atoms with Gasteiger partial charge in [-0.15, -0.1) is 0 Å². The van der Waals surface area contributed by atoms with Crippen LogP contribution < -0.4 is 5.32 Å². The summed E-state index contributed by atoms with van der Waals surface area (Å²) >= 11 is 1.60. The molecule has 0 saturated carbocycles. The molecule has 0 aliphatic heterocycles. The van der Waals surface area contributed by atoms with Crippen molar-refractivity contribution in [3.8, 4) is 0 Å². The predicted molar refractivity (Wildman–Crippen MR) is 134 cm³/mol. The first-order valence-electron chi connectivity index (χ1n) is 10.9. The van der Waals surface area contributed by atoms with E-state index in [9.17, 15) is 14.0 Å². The molecule has 0 fully saturated rings. The third kappa shape index (κ3) is 7.31. The second-order valence-corrected chi connectivity index (χ2v) is 8.67. The van der Waals surface area contributed by atoms with Gasteiger partial charge < -0.3 is 14.6 Å². The molecule has 0 spiro atoms. The maximum Gasteiger partial charge on any atom is 0.328 e. The van der Waals surface area contributed by atoms with Gasteiger partial charge in [0, 0.05) is 24.5 Å². The molecule has 6 nitrogen and oxygen atoms in total. The maximum absolute atomic E-state index is 13.5. The van der Waals surface area contributed by atoms with Crippen molar-refractivity contribution in [1.82, 2.24) is 14.9 Å². The normalized spacial score (nSPS) is 12.3. The van der Waals surface area contributed by atoms with E-state index in [1.807, 2.05) is 29.2 Å². The molecular formula is C26H28FN3O3S. The van der Waals surface area contributed by atoms with Crippen LogP contribution in [0.3, 0.4) is 0 Å². The summed E-state index contributed by atoms with van der Waals surface area (Å²) in [5, 5.41) is 2.78. The van der Waals surface area contributed by atoms with Crippen LogP contribution in [0.2, 0.25) is 0 Å². The molecule has 0 aliphatic carbocycles. The van der Waals surface area contributed by atoms with Crippen molar-refractivity contribution < 1.29 is 18.7 Å². The summed E-state index contributed by atoms with van der Waals surface area (Å²) in [4.78, 5) is 29.0. The number of hydrogen-bond acceptors (Lipinski definition) is 5. The van der Waals surface area contributed by atoms with Crippen molar-refractivity contribution in [3.05, 3.63) is 89.8 Å². The molecule has 1 atom stereocenters. The van der Waals surface area contributed by atoms with Gasteiger partial charge in [0.15, 0.2) is 0 Å². The van der Waals surface area contributed by atoms with Gasteiger partial charge in [-0.25, -0.2) is 14.2 Å². The molecule has 2 aromatic carbocycles. The van der Waals surface area contributed by atoms with Gasteiger partial charge >= 0.3 is 5.97 Å². The number of amides is 1. The highest BCUT2D eigenvalue weighted by molar-refractivity contribution is 7.98.